The third-order valence-electron chi connectivity index (χ3n) is 4.53. The third kappa shape index (κ3) is 2.86. The molecule has 0 aliphatic heterocycles. The third-order valence-corrected chi connectivity index (χ3v) is 4.53. The summed E-state index contributed by atoms with van der Waals surface area (Å²) in [4.78, 5) is 41.5. The van der Waals surface area contributed by atoms with Gasteiger partial charge in [0.15, 0.2) is 5.65 Å². The second kappa shape index (κ2) is 6.98. The Hall–Kier alpha value is -2.44. The van der Waals surface area contributed by atoms with Crippen LogP contribution in [0.5, 0.6) is 0 Å². The second-order valence-electron chi connectivity index (χ2n) is 5.92. The summed E-state index contributed by atoms with van der Waals surface area (Å²) in [6.45, 7) is 5.85. The number of nitrogens with zero attached hydrogens (tertiary/aromatic N) is 3. The van der Waals surface area contributed by atoms with Crippen LogP contribution in [0.4, 0.5) is 5.69 Å². The molecule has 130 valence electrons. The quantitative estimate of drug-likeness (QED) is 0.900. The molecule has 0 fully saturated rings. The van der Waals surface area contributed by atoms with E-state index < -0.39 is 11.2 Å². The van der Waals surface area contributed by atoms with Crippen LogP contribution in [0.2, 0.25) is 0 Å². The van der Waals surface area contributed by atoms with Crippen LogP contribution >= 0.6 is 0 Å². The average molecular weight is 332 g/mol. The summed E-state index contributed by atoms with van der Waals surface area (Å²) in [5.74, 6) is -0.229. The van der Waals surface area contributed by atoms with Crippen molar-refractivity contribution in [3.8, 4) is 0 Å². The van der Waals surface area contributed by atoms with Crippen molar-refractivity contribution in [3.05, 3.63) is 32.6 Å². The van der Waals surface area contributed by atoms with E-state index in [0.717, 1.165) is 23.0 Å². The number of amides is 1. The van der Waals surface area contributed by atoms with Crippen LogP contribution < -0.4 is 16.6 Å². The fraction of sp³-hybridized carbons (Fsp3) is 0.529. The zero-order valence-electron chi connectivity index (χ0n) is 14.8. The lowest BCUT2D eigenvalue weighted by Gasteiger charge is -2.17. The highest BCUT2D eigenvalue weighted by Gasteiger charge is 2.21. The smallest absolute Gasteiger partial charge is 0.325 e. The number of fused-ring (bicyclic) bond motifs is 1. The number of aromatic nitrogens is 3. The molecule has 7 heteroatoms. The van der Waals surface area contributed by atoms with Gasteiger partial charge in [-0.25, -0.2) is 9.78 Å². The Labute approximate surface area is 140 Å². The molecule has 2 aromatic heterocycles. The molecular weight excluding hydrogens is 308 g/mol. The molecule has 0 aliphatic rings. The molecule has 0 saturated carbocycles. The van der Waals surface area contributed by atoms with E-state index in [-0.39, 0.29) is 22.9 Å². The zero-order chi connectivity index (χ0) is 18.0. The van der Waals surface area contributed by atoms with Crippen LogP contribution in [0.25, 0.3) is 11.0 Å². The molecule has 2 rings (SSSR count). The van der Waals surface area contributed by atoms with Gasteiger partial charge in [0.05, 0.1) is 5.69 Å². The number of carbonyl (C=O) groups is 1. The minimum atomic E-state index is -0.448. The standard InChI is InChI=1S/C17H24N4O3/c1-6-10(7-2)15(22)19-13-11(8-3)9-18-14-12(13)16(23)21(5)17(24)20(14)4/h9-10H,6-8H2,1-5H3,(H,18,19,22). The monoisotopic (exact) mass is 332 g/mol. The normalized spacial score (nSPS) is 11.2. The van der Waals surface area contributed by atoms with E-state index in [9.17, 15) is 14.4 Å². The van der Waals surface area contributed by atoms with Crippen molar-refractivity contribution in [1.29, 1.82) is 0 Å². The highest BCUT2D eigenvalue weighted by Crippen LogP contribution is 2.24. The minimum absolute atomic E-state index is 0.113. The van der Waals surface area contributed by atoms with E-state index >= 15 is 0 Å². The first kappa shape index (κ1) is 17.9. The van der Waals surface area contributed by atoms with Gasteiger partial charge in [-0.2, -0.15) is 0 Å². The zero-order valence-corrected chi connectivity index (χ0v) is 14.8. The van der Waals surface area contributed by atoms with Gasteiger partial charge in [-0.1, -0.05) is 20.8 Å². The Balaban J connectivity index is 2.78. The maximum absolute atomic E-state index is 12.6. The minimum Gasteiger partial charge on any atom is -0.325 e. The summed E-state index contributed by atoms with van der Waals surface area (Å²) in [5.41, 5.74) is 0.630. The summed E-state index contributed by atoms with van der Waals surface area (Å²) < 4.78 is 2.36. The van der Waals surface area contributed by atoms with Crippen LogP contribution in [-0.2, 0) is 25.3 Å². The van der Waals surface area contributed by atoms with Crippen LogP contribution in [-0.4, -0.2) is 20.0 Å². The number of rotatable bonds is 5. The molecule has 2 heterocycles. The molecular formula is C17H24N4O3. The van der Waals surface area contributed by atoms with Gasteiger partial charge in [0.25, 0.3) is 5.56 Å². The lowest BCUT2D eigenvalue weighted by molar-refractivity contribution is -0.120. The van der Waals surface area contributed by atoms with E-state index in [1.54, 1.807) is 13.2 Å². The SMILES string of the molecule is CCc1cnc2c(c1NC(=O)C(CC)CC)c(=O)n(C)c(=O)n2C. The first-order valence-corrected chi connectivity index (χ1v) is 8.25. The summed E-state index contributed by atoms with van der Waals surface area (Å²) in [6.07, 6.45) is 3.68. The molecule has 24 heavy (non-hydrogen) atoms. The molecule has 0 saturated heterocycles. The predicted octanol–water partition coefficient (Wildman–Crippen LogP) is 1.57. The van der Waals surface area contributed by atoms with Crippen LogP contribution in [0.15, 0.2) is 15.8 Å². The summed E-state index contributed by atoms with van der Waals surface area (Å²) in [7, 11) is 2.99. The molecule has 0 bridgehead atoms. The van der Waals surface area contributed by atoms with Gasteiger partial charge in [0.2, 0.25) is 5.91 Å². The Morgan fingerprint density at radius 1 is 1.17 bits per heavy atom. The van der Waals surface area contributed by atoms with Crippen molar-refractivity contribution in [2.24, 2.45) is 20.0 Å². The lowest BCUT2D eigenvalue weighted by atomic mass is 10.0. The highest BCUT2D eigenvalue weighted by molar-refractivity contribution is 6.01. The summed E-state index contributed by atoms with van der Waals surface area (Å²) in [6, 6.07) is 0. The van der Waals surface area contributed by atoms with E-state index in [0.29, 0.717) is 12.1 Å². The molecule has 0 atom stereocenters. The molecule has 1 N–H and O–H groups in total. The maximum atomic E-state index is 12.6. The number of nitrogens with one attached hydrogen (secondary N) is 1. The molecule has 2 aromatic rings. The van der Waals surface area contributed by atoms with Crippen LogP contribution in [0.1, 0.15) is 39.2 Å². The lowest BCUT2D eigenvalue weighted by Crippen LogP contribution is -2.38. The van der Waals surface area contributed by atoms with Crippen LogP contribution in [0.3, 0.4) is 0 Å². The number of hydrogen-bond acceptors (Lipinski definition) is 4. The molecule has 0 aromatic carbocycles. The van der Waals surface area contributed by atoms with Crippen molar-refractivity contribution in [3.63, 3.8) is 0 Å². The van der Waals surface area contributed by atoms with Crippen molar-refractivity contribution >= 4 is 22.6 Å². The number of aryl methyl sites for hydroxylation is 2. The van der Waals surface area contributed by atoms with Gasteiger partial charge in [-0.3, -0.25) is 18.7 Å². The van der Waals surface area contributed by atoms with Gasteiger partial charge in [0, 0.05) is 26.2 Å². The van der Waals surface area contributed by atoms with E-state index in [2.05, 4.69) is 10.3 Å². The van der Waals surface area contributed by atoms with Gasteiger partial charge in [-0.05, 0) is 24.8 Å². The average Bonchev–Trinajstić information content (AvgIpc) is 2.58. The van der Waals surface area contributed by atoms with E-state index in [1.807, 2.05) is 20.8 Å². The van der Waals surface area contributed by atoms with Gasteiger partial charge in [0.1, 0.15) is 5.39 Å². The fourth-order valence-corrected chi connectivity index (χ4v) is 2.86. The Bertz CT molecular complexity index is 891. The largest absolute Gasteiger partial charge is 0.332 e. The predicted molar refractivity (Wildman–Crippen MR) is 94.3 cm³/mol. The van der Waals surface area contributed by atoms with E-state index in [4.69, 9.17) is 0 Å². The Morgan fingerprint density at radius 2 is 1.79 bits per heavy atom. The molecule has 0 radical (unpaired) electrons. The summed E-state index contributed by atoms with van der Waals surface area (Å²) >= 11 is 0. The van der Waals surface area contributed by atoms with Crippen LogP contribution in [0, 0.1) is 5.92 Å². The first-order chi connectivity index (χ1) is 11.4. The van der Waals surface area contributed by atoms with Crippen molar-refractivity contribution in [1.82, 2.24) is 14.1 Å². The second-order valence-corrected chi connectivity index (χ2v) is 5.92. The molecule has 0 spiro atoms. The summed E-state index contributed by atoms with van der Waals surface area (Å²) in [5, 5.41) is 3.19. The first-order valence-electron chi connectivity index (χ1n) is 8.25. The molecule has 1 amide bonds. The van der Waals surface area contributed by atoms with Gasteiger partial charge >= 0.3 is 5.69 Å². The number of hydrogen-bond donors (Lipinski definition) is 1. The Morgan fingerprint density at radius 3 is 2.33 bits per heavy atom. The topological polar surface area (TPSA) is 86.0 Å². The fourth-order valence-electron chi connectivity index (χ4n) is 2.86. The van der Waals surface area contributed by atoms with Gasteiger partial charge in [-0.15, -0.1) is 0 Å². The molecule has 0 unspecified atom stereocenters. The molecule has 0 aliphatic carbocycles. The number of carbonyl (C=O) groups excluding carboxylic acids is 1. The van der Waals surface area contributed by atoms with E-state index in [1.165, 1.54) is 11.6 Å². The number of pyridine rings is 1. The maximum Gasteiger partial charge on any atom is 0.332 e. The number of anilines is 1. The van der Waals surface area contributed by atoms with Gasteiger partial charge < -0.3 is 5.32 Å². The van der Waals surface area contributed by atoms with Crippen molar-refractivity contribution in [2.75, 3.05) is 5.32 Å². The highest BCUT2D eigenvalue weighted by atomic mass is 16.2. The molecule has 7 nitrogen and oxygen atoms in total. The Kier molecular flexibility index (Phi) is 5.21. The van der Waals surface area contributed by atoms with Crippen molar-refractivity contribution in [2.45, 2.75) is 40.0 Å². The van der Waals surface area contributed by atoms with Crippen molar-refractivity contribution < 1.29 is 4.79 Å².